The van der Waals surface area contributed by atoms with E-state index >= 15 is 0 Å². The lowest BCUT2D eigenvalue weighted by atomic mass is 9.69. The highest BCUT2D eigenvalue weighted by Gasteiger charge is 2.50. The Balaban J connectivity index is 1.53. The number of benzene rings is 2. The first-order valence-corrected chi connectivity index (χ1v) is 13.3. The van der Waals surface area contributed by atoms with Crippen molar-refractivity contribution < 1.29 is 23.7 Å². The molecular weight excluding hydrogens is 468 g/mol. The third kappa shape index (κ3) is 4.92. The summed E-state index contributed by atoms with van der Waals surface area (Å²) in [5.74, 6) is 3.70. The molecule has 0 N–H and O–H groups in total. The molecular formula is C30H40N2O5. The Morgan fingerprint density at radius 1 is 1.05 bits per heavy atom. The molecule has 200 valence electrons. The largest absolute Gasteiger partial charge is 0.493 e. The molecule has 2 aliphatic heterocycles. The second-order valence-corrected chi connectivity index (χ2v) is 10.1. The fourth-order valence-corrected chi connectivity index (χ4v) is 6.21. The lowest BCUT2D eigenvalue weighted by Crippen LogP contribution is -2.46. The molecule has 7 heteroatoms. The van der Waals surface area contributed by atoms with Crippen LogP contribution in [0.25, 0.3) is 0 Å². The van der Waals surface area contributed by atoms with Crippen molar-refractivity contribution >= 4 is 0 Å². The van der Waals surface area contributed by atoms with Gasteiger partial charge in [0.25, 0.3) is 6.29 Å². The van der Waals surface area contributed by atoms with E-state index in [4.69, 9.17) is 23.7 Å². The maximum Gasteiger partial charge on any atom is 0.260 e. The van der Waals surface area contributed by atoms with Crippen LogP contribution in [0.5, 0.6) is 28.7 Å². The predicted octanol–water partition coefficient (Wildman–Crippen LogP) is 5.98. The van der Waals surface area contributed by atoms with Gasteiger partial charge in [0.1, 0.15) is 5.41 Å². The van der Waals surface area contributed by atoms with Gasteiger partial charge in [0.05, 0.1) is 27.4 Å². The molecule has 0 radical (unpaired) electrons. The molecule has 7 nitrogen and oxygen atoms in total. The van der Waals surface area contributed by atoms with Gasteiger partial charge in [-0.15, -0.1) is 0 Å². The van der Waals surface area contributed by atoms with Crippen LogP contribution in [0.4, 0.5) is 0 Å². The van der Waals surface area contributed by atoms with Gasteiger partial charge in [-0.25, -0.2) is 0 Å². The van der Waals surface area contributed by atoms with Gasteiger partial charge in [0.2, 0.25) is 5.75 Å². The van der Waals surface area contributed by atoms with Crippen LogP contribution < -0.4 is 23.7 Å². The number of fused-ring (bicyclic) bond motifs is 2. The SMILES string of the molecule is CCC(CC)C(C#N)(CCCC1Cc2c(cc(OC)c(OC)c2OC)CN1C)C1Oc2ccccc2O1. The van der Waals surface area contributed by atoms with E-state index in [1.807, 2.05) is 24.3 Å². The van der Waals surface area contributed by atoms with Crippen LogP contribution in [0.1, 0.15) is 57.1 Å². The molecule has 2 aromatic carbocycles. The number of hydrogen-bond acceptors (Lipinski definition) is 7. The Bertz CT molecular complexity index is 1100. The van der Waals surface area contributed by atoms with Crippen molar-refractivity contribution in [2.45, 2.75) is 71.2 Å². The Morgan fingerprint density at radius 2 is 1.70 bits per heavy atom. The lowest BCUT2D eigenvalue weighted by molar-refractivity contribution is -0.0742. The van der Waals surface area contributed by atoms with Gasteiger partial charge < -0.3 is 23.7 Å². The highest BCUT2D eigenvalue weighted by atomic mass is 16.7. The molecule has 2 aliphatic rings. The van der Waals surface area contributed by atoms with E-state index in [1.54, 1.807) is 21.3 Å². The van der Waals surface area contributed by atoms with E-state index in [0.717, 1.165) is 62.3 Å². The van der Waals surface area contributed by atoms with Gasteiger partial charge in [-0.1, -0.05) is 38.8 Å². The van der Waals surface area contributed by atoms with Crippen LogP contribution in [0.2, 0.25) is 0 Å². The van der Waals surface area contributed by atoms with Gasteiger partial charge in [-0.05, 0) is 62.4 Å². The number of nitrogens with zero attached hydrogens (tertiary/aromatic N) is 2. The van der Waals surface area contributed by atoms with E-state index in [1.165, 1.54) is 11.1 Å². The number of ether oxygens (including phenoxy) is 5. The van der Waals surface area contributed by atoms with E-state index in [2.05, 4.69) is 37.9 Å². The zero-order valence-corrected chi connectivity index (χ0v) is 23.0. The average Bonchev–Trinajstić information content (AvgIpc) is 3.36. The maximum atomic E-state index is 10.6. The van der Waals surface area contributed by atoms with Crippen LogP contribution in [0.3, 0.4) is 0 Å². The van der Waals surface area contributed by atoms with Crippen molar-refractivity contribution in [3.05, 3.63) is 41.5 Å². The van der Waals surface area contributed by atoms with Crippen molar-refractivity contribution in [3.63, 3.8) is 0 Å². The fraction of sp³-hybridized carbons (Fsp3) is 0.567. The van der Waals surface area contributed by atoms with E-state index in [9.17, 15) is 5.26 Å². The first-order chi connectivity index (χ1) is 18.0. The van der Waals surface area contributed by atoms with Crippen molar-refractivity contribution in [2.75, 3.05) is 28.4 Å². The smallest absolute Gasteiger partial charge is 0.260 e. The Kier molecular flexibility index (Phi) is 8.39. The standard InChI is InChI=1S/C30H40N2O5/c1-7-21(8-2)30(19-31,29-36-24-13-9-10-14-25(24)37-29)15-11-12-22-17-23-20(18-32(22)3)16-26(33-4)28(35-6)27(23)34-5/h9-10,13-14,16,21-22,29H,7-8,11-12,15,17-18H2,1-6H3. The topological polar surface area (TPSA) is 73.2 Å². The van der Waals surface area contributed by atoms with Gasteiger partial charge in [-0.3, -0.25) is 4.90 Å². The first kappa shape index (κ1) is 26.9. The number of para-hydroxylation sites is 2. The van der Waals surface area contributed by atoms with Gasteiger partial charge >= 0.3 is 0 Å². The molecule has 0 spiro atoms. The Labute approximate surface area is 221 Å². The van der Waals surface area contributed by atoms with Crippen molar-refractivity contribution in [2.24, 2.45) is 11.3 Å². The molecule has 0 saturated heterocycles. The summed E-state index contributed by atoms with van der Waals surface area (Å²) in [7, 11) is 7.14. The van der Waals surface area contributed by atoms with Crippen molar-refractivity contribution in [1.29, 1.82) is 5.26 Å². The molecule has 0 aliphatic carbocycles. The van der Waals surface area contributed by atoms with Crippen LogP contribution in [-0.2, 0) is 13.0 Å². The third-order valence-corrected chi connectivity index (χ3v) is 8.30. The zero-order valence-electron chi connectivity index (χ0n) is 23.0. The van der Waals surface area contributed by atoms with Crippen molar-refractivity contribution in [1.82, 2.24) is 4.90 Å². The Morgan fingerprint density at radius 3 is 2.24 bits per heavy atom. The van der Waals surface area contributed by atoms with Crippen LogP contribution in [-0.4, -0.2) is 45.6 Å². The molecule has 2 heterocycles. The summed E-state index contributed by atoms with van der Waals surface area (Å²) < 4.78 is 29.5. The molecule has 2 atom stereocenters. The monoisotopic (exact) mass is 508 g/mol. The quantitative estimate of drug-likeness (QED) is 0.369. The molecule has 2 unspecified atom stereocenters. The normalized spacial score (nSPS) is 18.7. The molecule has 0 bridgehead atoms. The summed E-state index contributed by atoms with van der Waals surface area (Å²) in [4.78, 5) is 2.39. The van der Waals surface area contributed by atoms with Crippen LogP contribution in [0.15, 0.2) is 30.3 Å². The third-order valence-electron chi connectivity index (χ3n) is 8.30. The summed E-state index contributed by atoms with van der Waals surface area (Å²) >= 11 is 0. The number of methoxy groups -OCH3 is 3. The molecule has 0 saturated carbocycles. The van der Waals surface area contributed by atoms with Gasteiger partial charge in [0.15, 0.2) is 23.0 Å². The summed E-state index contributed by atoms with van der Waals surface area (Å²) in [5.41, 5.74) is 1.65. The number of nitriles is 1. The second kappa shape index (κ2) is 11.5. The summed E-state index contributed by atoms with van der Waals surface area (Å²) in [6, 6.07) is 12.8. The minimum absolute atomic E-state index is 0.179. The van der Waals surface area contributed by atoms with Gasteiger partial charge in [-0.2, -0.15) is 5.26 Å². The molecule has 0 amide bonds. The van der Waals surface area contributed by atoms with Gasteiger partial charge in [0, 0.05) is 18.2 Å². The highest BCUT2D eigenvalue weighted by molar-refractivity contribution is 5.60. The van der Waals surface area contributed by atoms with E-state index in [-0.39, 0.29) is 5.92 Å². The fourth-order valence-electron chi connectivity index (χ4n) is 6.21. The van der Waals surface area contributed by atoms with Crippen LogP contribution in [0, 0.1) is 22.7 Å². The number of rotatable bonds is 11. The minimum Gasteiger partial charge on any atom is -0.493 e. The Hall–Kier alpha value is -3.11. The molecule has 2 aromatic rings. The molecule has 0 fully saturated rings. The first-order valence-electron chi connectivity index (χ1n) is 13.3. The molecule has 37 heavy (non-hydrogen) atoms. The maximum absolute atomic E-state index is 10.6. The highest BCUT2D eigenvalue weighted by Crippen LogP contribution is 2.48. The summed E-state index contributed by atoms with van der Waals surface area (Å²) in [6.45, 7) is 5.11. The number of likely N-dealkylation sites (N-methyl/N-ethyl adjacent to an activating group) is 1. The molecule has 4 rings (SSSR count). The van der Waals surface area contributed by atoms with Crippen LogP contribution >= 0.6 is 0 Å². The lowest BCUT2D eigenvalue weighted by Gasteiger charge is -2.39. The summed E-state index contributed by atoms with van der Waals surface area (Å²) in [6.07, 6.45) is 4.62. The van der Waals surface area contributed by atoms with E-state index in [0.29, 0.717) is 17.5 Å². The zero-order chi connectivity index (χ0) is 26.6. The molecule has 0 aromatic heterocycles. The van der Waals surface area contributed by atoms with Crippen molar-refractivity contribution in [3.8, 4) is 34.8 Å². The number of hydrogen-bond donors (Lipinski definition) is 0. The summed E-state index contributed by atoms with van der Waals surface area (Å²) in [5, 5.41) is 10.6. The average molecular weight is 509 g/mol. The van der Waals surface area contributed by atoms with E-state index < -0.39 is 11.7 Å². The minimum atomic E-state index is -0.720. The second-order valence-electron chi connectivity index (χ2n) is 10.1. The predicted molar refractivity (Wildman–Crippen MR) is 143 cm³/mol.